The molecule has 0 aromatic heterocycles. The number of aliphatic hydroxyl groups excluding tert-OH is 5. The summed E-state index contributed by atoms with van der Waals surface area (Å²) < 4.78 is 20.3. The van der Waals surface area contributed by atoms with E-state index in [1.807, 2.05) is 0 Å². The summed E-state index contributed by atoms with van der Waals surface area (Å²) in [6.07, 6.45) is -20.8. The second kappa shape index (κ2) is 13.7. The molecule has 5 N–H and O–H groups in total. The van der Waals surface area contributed by atoms with E-state index in [4.69, 9.17) is 18.9 Å². The fourth-order valence-electron chi connectivity index (χ4n) is 3.38. The van der Waals surface area contributed by atoms with E-state index in [0.717, 1.165) is 24.3 Å². The summed E-state index contributed by atoms with van der Waals surface area (Å²) in [5.41, 5.74) is -0.298. The quantitative estimate of drug-likeness (QED) is 0.123. The van der Waals surface area contributed by atoms with Crippen molar-refractivity contribution < 1.29 is 128 Å². The number of carboxylic acids is 2. The van der Waals surface area contributed by atoms with Crippen LogP contribution in [0.4, 0.5) is 5.69 Å². The molecule has 188 valence electrons. The number of hydrogen-bond donors (Lipinski definition) is 5. The number of carboxylic acid groups (broad SMARTS) is 2. The Morgan fingerprint density at radius 2 is 1.28 bits per heavy atom. The fraction of sp³-hybridized carbons (Fsp3) is 0.556. The van der Waals surface area contributed by atoms with Gasteiger partial charge in [0.25, 0.3) is 5.69 Å². The Bertz CT molecular complexity index is 920. The summed E-state index contributed by atoms with van der Waals surface area (Å²) in [6.45, 7) is 0. The molecular weight excluding hydrogens is 516 g/mol. The van der Waals surface area contributed by atoms with Crippen molar-refractivity contribution in [2.75, 3.05) is 0 Å². The van der Waals surface area contributed by atoms with Crippen LogP contribution >= 0.6 is 0 Å². The SMILES string of the molecule is O=C([O-])[C@H]1O[C@@H](O[C@@H]2[C@@H](O)[C@H](Oc3ccc([N+](=O)[O-])cc3)O[C@H](C(=O)[O-])[C@H]2O)[C@H](O)[C@@H](O)[C@@H]1O.[Na+].[Na+]. The summed E-state index contributed by atoms with van der Waals surface area (Å²) in [4.78, 5) is 32.6. The third kappa shape index (κ3) is 7.12. The Morgan fingerprint density at radius 1 is 0.778 bits per heavy atom. The predicted octanol–water partition coefficient (Wildman–Crippen LogP) is -11.9. The van der Waals surface area contributed by atoms with E-state index >= 15 is 0 Å². The maximum Gasteiger partial charge on any atom is 1.00 e. The van der Waals surface area contributed by atoms with Gasteiger partial charge < -0.3 is 64.3 Å². The minimum absolute atomic E-state index is 0. The summed E-state index contributed by atoms with van der Waals surface area (Å²) in [5, 5.41) is 83.9. The first-order valence-electron chi connectivity index (χ1n) is 9.62. The first-order chi connectivity index (χ1) is 15.9. The normalized spacial score (nSPS) is 36.0. The maximum absolute atomic E-state index is 11.4. The zero-order valence-electron chi connectivity index (χ0n) is 18.8. The number of non-ortho nitro benzene ring substituents is 1. The standard InChI is InChI=1S/C18H21NO15.2Na/c20-7-8(21)13(15(25)26)33-17(9(7)22)32-12-10(23)14(16(27)28)34-18(11(12)24)31-6-3-1-5(2-4-6)19(29)30;;/h1-4,7-14,17-18,20-24H,(H,25,26)(H,27,28);;/q;2*+1/p-2/t7-,8-,9+,10-,11+,12-,13-,14-,17+,18+;;/m0../s1. The van der Waals surface area contributed by atoms with Gasteiger partial charge >= 0.3 is 59.1 Å². The van der Waals surface area contributed by atoms with E-state index in [0.29, 0.717) is 0 Å². The molecule has 0 bridgehead atoms. The second-order valence-electron chi connectivity index (χ2n) is 7.41. The molecule has 18 heteroatoms. The van der Waals surface area contributed by atoms with Gasteiger partial charge in [-0.3, -0.25) is 10.1 Å². The number of nitro groups is 1. The monoisotopic (exact) mass is 535 g/mol. The van der Waals surface area contributed by atoms with Crippen LogP contribution in [-0.2, 0) is 23.8 Å². The van der Waals surface area contributed by atoms with Crippen LogP contribution in [0.2, 0.25) is 0 Å². The Morgan fingerprint density at radius 3 is 1.78 bits per heavy atom. The zero-order chi connectivity index (χ0) is 25.3. The largest absolute Gasteiger partial charge is 1.00 e. The molecule has 2 fully saturated rings. The van der Waals surface area contributed by atoms with Crippen LogP contribution in [0.25, 0.3) is 0 Å². The van der Waals surface area contributed by atoms with Gasteiger partial charge in [-0.25, -0.2) is 0 Å². The van der Waals surface area contributed by atoms with Gasteiger partial charge in [0, 0.05) is 12.1 Å². The summed E-state index contributed by atoms with van der Waals surface area (Å²) in [5.74, 6) is -4.06. The van der Waals surface area contributed by atoms with Crippen molar-refractivity contribution in [2.45, 2.75) is 61.4 Å². The molecule has 0 radical (unpaired) electrons. The van der Waals surface area contributed by atoms with E-state index in [1.54, 1.807) is 0 Å². The van der Waals surface area contributed by atoms with Crippen LogP contribution in [0.5, 0.6) is 5.75 Å². The number of hydrogen-bond acceptors (Lipinski definition) is 15. The number of ether oxygens (including phenoxy) is 4. The van der Waals surface area contributed by atoms with E-state index in [2.05, 4.69) is 0 Å². The first kappa shape index (κ1) is 33.1. The molecule has 10 atom stereocenters. The third-order valence-corrected chi connectivity index (χ3v) is 5.17. The molecular formula is C18H19NNa2O15. The van der Waals surface area contributed by atoms with E-state index < -0.39 is 78.3 Å². The van der Waals surface area contributed by atoms with Crippen molar-refractivity contribution in [3.63, 3.8) is 0 Å². The number of carbonyl (C=O) groups excluding carboxylic acids is 2. The van der Waals surface area contributed by atoms with E-state index in [9.17, 15) is 55.4 Å². The Kier molecular flexibility index (Phi) is 12.6. The minimum atomic E-state index is -2.18. The van der Waals surface area contributed by atoms with Crippen LogP contribution in [0.3, 0.4) is 0 Å². The molecule has 0 unspecified atom stereocenters. The second-order valence-corrected chi connectivity index (χ2v) is 7.41. The fourth-order valence-corrected chi connectivity index (χ4v) is 3.38. The smallest absolute Gasteiger partial charge is 0.547 e. The topological polar surface area (TPSA) is 261 Å². The van der Waals surface area contributed by atoms with Gasteiger partial charge in [0.15, 0.2) is 6.29 Å². The molecule has 36 heavy (non-hydrogen) atoms. The molecule has 1 aromatic rings. The van der Waals surface area contributed by atoms with Crippen LogP contribution in [-0.4, -0.2) is 104 Å². The summed E-state index contributed by atoms with van der Waals surface area (Å²) in [7, 11) is 0. The van der Waals surface area contributed by atoms with E-state index in [-0.39, 0.29) is 70.6 Å². The molecule has 2 heterocycles. The third-order valence-electron chi connectivity index (χ3n) is 5.17. The van der Waals surface area contributed by atoms with Gasteiger partial charge in [-0.2, -0.15) is 0 Å². The van der Waals surface area contributed by atoms with Crippen LogP contribution in [0.1, 0.15) is 0 Å². The summed E-state index contributed by atoms with van der Waals surface area (Å²) in [6, 6.07) is 4.31. The average molecular weight is 535 g/mol. The van der Waals surface area contributed by atoms with Gasteiger partial charge in [-0.15, -0.1) is 0 Å². The van der Waals surface area contributed by atoms with Crippen LogP contribution in [0, 0.1) is 10.1 Å². The van der Waals surface area contributed by atoms with Gasteiger partial charge in [0.2, 0.25) is 6.29 Å². The number of nitro benzene ring substituents is 1. The maximum atomic E-state index is 11.4. The van der Waals surface area contributed by atoms with Crippen molar-refractivity contribution >= 4 is 17.6 Å². The Hall–Kier alpha value is -0.960. The number of carbonyl (C=O) groups is 2. The summed E-state index contributed by atoms with van der Waals surface area (Å²) >= 11 is 0. The molecule has 16 nitrogen and oxygen atoms in total. The molecule has 3 rings (SSSR count). The number of benzene rings is 1. The van der Waals surface area contributed by atoms with Crippen LogP contribution < -0.4 is 74.1 Å². The molecule has 2 aliphatic heterocycles. The van der Waals surface area contributed by atoms with Gasteiger partial charge in [-0.05, 0) is 12.1 Å². The van der Waals surface area contributed by atoms with Crippen LogP contribution in [0.15, 0.2) is 24.3 Å². The zero-order valence-corrected chi connectivity index (χ0v) is 22.8. The molecule has 0 amide bonds. The average Bonchev–Trinajstić information content (AvgIpc) is 2.78. The molecule has 2 saturated heterocycles. The first-order valence-corrected chi connectivity index (χ1v) is 9.62. The van der Waals surface area contributed by atoms with Crippen molar-refractivity contribution in [3.8, 4) is 5.75 Å². The van der Waals surface area contributed by atoms with Crippen molar-refractivity contribution in [1.82, 2.24) is 0 Å². The predicted molar refractivity (Wildman–Crippen MR) is 96.0 cm³/mol. The van der Waals surface area contributed by atoms with Gasteiger partial charge in [0.05, 0.1) is 16.9 Å². The van der Waals surface area contributed by atoms with Crippen molar-refractivity contribution in [2.24, 2.45) is 0 Å². The Balaban J connectivity index is 0.00000324. The molecule has 2 aliphatic rings. The molecule has 0 saturated carbocycles. The number of aliphatic carboxylic acids is 2. The van der Waals surface area contributed by atoms with E-state index in [1.165, 1.54) is 0 Å². The number of nitrogens with zero attached hydrogens (tertiary/aromatic N) is 1. The molecule has 1 aromatic carbocycles. The number of aliphatic hydroxyl groups is 5. The Labute approximate surface area is 246 Å². The van der Waals surface area contributed by atoms with Crippen molar-refractivity contribution in [1.29, 1.82) is 0 Å². The minimum Gasteiger partial charge on any atom is -0.547 e. The van der Waals surface area contributed by atoms with Gasteiger partial charge in [-0.1, -0.05) is 0 Å². The molecule has 0 aliphatic carbocycles. The van der Waals surface area contributed by atoms with Gasteiger partial charge in [0.1, 0.15) is 54.6 Å². The van der Waals surface area contributed by atoms with Crippen molar-refractivity contribution in [3.05, 3.63) is 34.4 Å². The number of rotatable bonds is 7. The molecule has 0 spiro atoms.